The topological polar surface area (TPSA) is 55.4 Å². The SMILES string of the molecule is COc1ccc(S(=O)(=O)NCCCc2ccc(Cl)cc2)c(C)c1C. The summed E-state index contributed by atoms with van der Waals surface area (Å²) in [4.78, 5) is 0.298. The Hall–Kier alpha value is -1.56. The van der Waals surface area contributed by atoms with Crippen LogP contribution in [0.5, 0.6) is 5.75 Å². The fraction of sp³-hybridized carbons (Fsp3) is 0.333. The van der Waals surface area contributed by atoms with E-state index in [0.29, 0.717) is 27.8 Å². The lowest BCUT2D eigenvalue weighted by Gasteiger charge is -2.13. The van der Waals surface area contributed by atoms with Crippen LogP contribution in [0, 0.1) is 13.8 Å². The predicted molar refractivity (Wildman–Crippen MR) is 97.4 cm³/mol. The third kappa shape index (κ3) is 4.50. The van der Waals surface area contributed by atoms with E-state index in [1.54, 1.807) is 26.2 Å². The summed E-state index contributed by atoms with van der Waals surface area (Å²) in [5, 5.41) is 0.699. The molecule has 0 aliphatic heterocycles. The van der Waals surface area contributed by atoms with Gasteiger partial charge in [-0.2, -0.15) is 0 Å². The van der Waals surface area contributed by atoms with Gasteiger partial charge in [-0.3, -0.25) is 0 Å². The van der Waals surface area contributed by atoms with E-state index in [0.717, 1.165) is 24.0 Å². The fourth-order valence-corrected chi connectivity index (χ4v) is 4.01. The number of rotatable bonds is 7. The van der Waals surface area contributed by atoms with E-state index in [1.807, 2.05) is 31.2 Å². The van der Waals surface area contributed by atoms with Crippen molar-refractivity contribution in [1.82, 2.24) is 4.72 Å². The lowest BCUT2D eigenvalue weighted by Crippen LogP contribution is -2.26. The maximum Gasteiger partial charge on any atom is 0.240 e. The van der Waals surface area contributed by atoms with Crippen LogP contribution in [-0.4, -0.2) is 22.1 Å². The van der Waals surface area contributed by atoms with Crippen molar-refractivity contribution in [3.63, 3.8) is 0 Å². The van der Waals surface area contributed by atoms with E-state index < -0.39 is 10.0 Å². The van der Waals surface area contributed by atoms with Crippen molar-refractivity contribution in [3.8, 4) is 5.75 Å². The molecule has 0 saturated heterocycles. The highest BCUT2D eigenvalue weighted by molar-refractivity contribution is 7.89. The molecule has 0 saturated carbocycles. The van der Waals surface area contributed by atoms with Crippen molar-refractivity contribution >= 4 is 21.6 Å². The van der Waals surface area contributed by atoms with Crippen LogP contribution in [0.2, 0.25) is 5.02 Å². The zero-order chi connectivity index (χ0) is 17.7. The van der Waals surface area contributed by atoms with Gasteiger partial charge in [-0.15, -0.1) is 0 Å². The Bertz CT molecular complexity index is 802. The molecule has 4 nitrogen and oxygen atoms in total. The molecule has 24 heavy (non-hydrogen) atoms. The van der Waals surface area contributed by atoms with Crippen LogP contribution in [0.25, 0.3) is 0 Å². The molecule has 0 aliphatic carbocycles. The maximum atomic E-state index is 12.5. The summed E-state index contributed by atoms with van der Waals surface area (Å²) >= 11 is 5.85. The highest BCUT2D eigenvalue weighted by Gasteiger charge is 2.18. The van der Waals surface area contributed by atoms with Gasteiger partial charge in [0.2, 0.25) is 10.0 Å². The number of sulfonamides is 1. The molecule has 0 aliphatic rings. The first-order valence-electron chi connectivity index (χ1n) is 7.73. The average molecular weight is 368 g/mol. The summed E-state index contributed by atoms with van der Waals surface area (Å²) < 4.78 is 32.9. The molecule has 0 radical (unpaired) electrons. The molecule has 2 aromatic rings. The molecule has 2 aromatic carbocycles. The Morgan fingerprint density at radius 2 is 1.71 bits per heavy atom. The van der Waals surface area contributed by atoms with Crippen LogP contribution in [0.15, 0.2) is 41.3 Å². The minimum absolute atomic E-state index is 0.298. The number of methoxy groups -OCH3 is 1. The molecule has 2 rings (SSSR count). The van der Waals surface area contributed by atoms with Gasteiger partial charge in [0.15, 0.2) is 0 Å². The zero-order valence-corrected chi connectivity index (χ0v) is 15.7. The van der Waals surface area contributed by atoms with Crippen molar-refractivity contribution in [2.24, 2.45) is 0 Å². The molecular weight excluding hydrogens is 346 g/mol. The molecule has 0 aromatic heterocycles. The summed E-state index contributed by atoms with van der Waals surface area (Å²) in [5.41, 5.74) is 2.68. The van der Waals surface area contributed by atoms with Crippen molar-refractivity contribution in [3.05, 3.63) is 58.1 Å². The van der Waals surface area contributed by atoms with E-state index >= 15 is 0 Å². The van der Waals surface area contributed by atoms with E-state index in [9.17, 15) is 8.42 Å². The van der Waals surface area contributed by atoms with E-state index in [4.69, 9.17) is 16.3 Å². The lowest BCUT2D eigenvalue weighted by molar-refractivity contribution is 0.410. The Labute approximate surface area is 148 Å². The monoisotopic (exact) mass is 367 g/mol. The van der Waals surface area contributed by atoms with E-state index in [1.165, 1.54) is 0 Å². The van der Waals surface area contributed by atoms with Gasteiger partial charge in [-0.05, 0) is 67.6 Å². The second-order valence-corrected chi connectivity index (χ2v) is 7.82. The average Bonchev–Trinajstić information content (AvgIpc) is 2.55. The second kappa shape index (κ2) is 8.01. The second-order valence-electron chi connectivity index (χ2n) is 5.64. The molecule has 0 heterocycles. The summed E-state index contributed by atoms with van der Waals surface area (Å²) in [5.74, 6) is 0.689. The first-order chi connectivity index (χ1) is 11.3. The van der Waals surface area contributed by atoms with Crippen molar-refractivity contribution in [2.75, 3.05) is 13.7 Å². The Kier molecular flexibility index (Phi) is 6.27. The Morgan fingerprint density at radius 3 is 2.33 bits per heavy atom. The first-order valence-corrected chi connectivity index (χ1v) is 9.59. The number of aryl methyl sites for hydroxylation is 1. The molecular formula is C18H22ClNO3S. The smallest absolute Gasteiger partial charge is 0.240 e. The number of hydrogen-bond acceptors (Lipinski definition) is 3. The molecule has 6 heteroatoms. The van der Waals surface area contributed by atoms with Crippen LogP contribution in [0.3, 0.4) is 0 Å². The van der Waals surface area contributed by atoms with Gasteiger partial charge in [0.1, 0.15) is 5.75 Å². The maximum absolute atomic E-state index is 12.5. The van der Waals surface area contributed by atoms with Gasteiger partial charge in [0, 0.05) is 11.6 Å². The van der Waals surface area contributed by atoms with Gasteiger partial charge in [-0.25, -0.2) is 13.1 Å². The van der Waals surface area contributed by atoms with Crippen LogP contribution >= 0.6 is 11.6 Å². The van der Waals surface area contributed by atoms with E-state index in [-0.39, 0.29) is 0 Å². The third-order valence-electron chi connectivity index (χ3n) is 4.04. The normalized spacial score (nSPS) is 11.5. The summed E-state index contributed by atoms with van der Waals surface area (Å²) in [6.07, 6.45) is 1.51. The fourth-order valence-electron chi connectivity index (χ4n) is 2.51. The largest absolute Gasteiger partial charge is 0.496 e. The number of hydrogen-bond donors (Lipinski definition) is 1. The number of benzene rings is 2. The van der Waals surface area contributed by atoms with Crippen LogP contribution in [0.1, 0.15) is 23.1 Å². The zero-order valence-electron chi connectivity index (χ0n) is 14.1. The minimum atomic E-state index is -3.53. The Morgan fingerprint density at radius 1 is 1.04 bits per heavy atom. The first kappa shape index (κ1) is 18.8. The quantitative estimate of drug-likeness (QED) is 0.755. The molecule has 0 amide bonds. The molecule has 0 unspecified atom stereocenters. The number of halogens is 1. The van der Waals surface area contributed by atoms with Crippen LogP contribution in [0.4, 0.5) is 0 Å². The van der Waals surface area contributed by atoms with Gasteiger partial charge in [0.25, 0.3) is 0 Å². The van der Waals surface area contributed by atoms with Gasteiger partial charge in [-0.1, -0.05) is 23.7 Å². The standard InChI is InChI=1S/C18H22ClNO3S/c1-13-14(2)18(11-10-17(13)23-3)24(21,22)20-12-4-5-15-6-8-16(19)9-7-15/h6-11,20H,4-5,12H2,1-3H3. The van der Waals surface area contributed by atoms with Crippen LogP contribution < -0.4 is 9.46 Å². The summed E-state index contributed by atoms with van der Waals surface area (Å²) in [6, 6.07) is 10.9. The Balaban J connectivity index is 1.99. The lowest BCUT2D eigenvalue weighted by atomic mass is 10.1. The molecule has 0 fully saturated rings. The highest BCUT2D eigenvalue weighted by atomic mass is 35.5. The molecule has 130 valence electrons. The van der Waals surface area contributed by atoms with Crippen molar-refractivity contribution < 1.29 is 13.2 Å². The van der Waals surface area contributed by atoms with Crippen molar-refractivity contribution in [2.45, 2.75) is 31.6 Å². The van der Waals surface area contributed by atoms with Gasteiger partial charge in [0.05, 0.1) is 12.0 Å². The molecule has 0 spiro atoms. The molecule has 0 atom stereocenters. The highest BCUT2D eigenvalue weighted by Crippen LogP contribution is 2.26. The van der Waals surface area contributed by atoms with Gasteiger partial charge < -0.3 is 4.74 Å². The predicted octanol–water partition coefficient (Wildman–Crippen LogP) is 3.88. The summed E-state index contributed by atoms with van der Waals surface area (Å²) in [6.45, 7) is 4.03. The summed E-state index contributed by atoms with van der Waals surface area (Å²) in [7, 11) is -1.95. The molecule has 1 N–H and O–H groups in total. The van der Waals surface area contributed by atoms with Gasteiger partial charge >= 0.3 is 0 Å². The van der Waals surface area contributed by atoms with Crippen LogP contribution in [-0.2, 0) is 16.4 Å². The van der Waals surface area contributed by atoms with E-state index in [2.05, 4.69) is 4.72 Å². The molecule has 0 bridgehead atoms. The number of ether oxygens (including phenoxy) is 1. The third-order valence-corrected chi connectivity index (χ3v) is 5.90. The van der Waals surface area contributed by atoms with Crippen molar-refractivity contribution in [1.29, 1.82) is 0 Å². The number of nitrogens with one attached hydrogen (secondary N) is 1. The minimum Gasteiger partial charge on any atom is -0.496 e.